The lowest BCUT2D eigenvalue weighted by Crippen LogP contribution is -2.39. The highest BCUT2D eigenvalue weighted by Gasteiger charge is 2.27. The summed E-state index contributed by atoms with van der Waals surface area (Å²) in [6, 6.07) is 0.656. The molecule has 0 aromatic carbocycles. The van der Waals surface area contributed by atoms with E-state index in [1.807, 2.05) is 23.5 Å². The van der Waals surface area contributed by atoms with E-state index in [2.05, 4.69) is 23.3 Å². The fraction of sp³-hybridized carbons (Fsp3) is 0.789. The van der Waals surface area contributed by atoms with Crippen LogP contribution in [0.25, 0.3) is 0 Å². The summed E-state index contributed by atoms with van der Waals surface area (Å²) >= 11 is 3.89. The average molecular weight is 395 g/mol. The van der Waals surface area contributed by atoms with Crippen LogP contribution in [-0.4, -0.2) is 63.5 Å². The van der Waals surface area contributed by atoms with Gasteiger partial charge in [0.1, 0.15) is 0 Å². The zero-order valence-corrected chi connectivity index (χ0v) is 17.6. The zero-order valence-electron chi connectivity index (χ0n) is 15.9. The van der Waals surface area contributed by atoms with Crippen LogP contribution in [0.3, 0.4) is 0 Å². The molecule has 144 valence electrons. The molecule has 0 radical (unpaired) electrons. The molecule has 1 aromatic heterocycles. The molecule has 0 N–H and O–H groups in total. The minimum Gasteiger partial charge on any atom is -0.378 e. The van der Waals surface area contributed by atoms with Gasteiger partial charge in [-0.25, -0.2) is 4.98 Å². The molecule has 0 amide bonds. The zero-order chi connectivity index (χ0) is 17.9. The standard InChI is InChI=1S/C19H30N4OS2/c1-14-15(2)23(16-6-4-3-5-7-16)19(21-14)25-13-17-12-20-18(26-17)22-8-10-24-11-9-22/h16-17H,3-13H2,1-2H3. The van der Waals surface area contributed by atoms with Crippen molar-refractivity contribution in [1.29, 1.82) is 0 Å². The highest BCUT2D eigenvalue weighted by Crippen LogP contribution is 2.36. The molecular formula is C19H30N4OS2. The van der Waals surface area contributed by atoms with Gasteiger partial charge in [-0.2, -0.15) is 0 Å². The van der Waals surface area contributed by atoms with Gasteiger partial charge in [0.2, 0.25) is 0 Å². The summed E-state index contributed by atoms with van der Waals surface area (Å²) in [6.45, 7) is 8.96. The van der Waals surface area contributed by atoms with Gasteiger partial charge in [0.05, 0.1) is 25.5 Å². The molecular weight excluding hydrogens is 364 g/mol. The van der Waals surface area contributed by atoms with Gasteiger partial charge >= 0.3 is 0 Å². The monoisotopic (exact) mass is 394 g/mol. The van der Waals surface area contributed by atoms with Crippen molar-refractivity contribution in [3.63, 3.8) is 0 Å². The molecule has 3 aliphatic rings. The first-order valence-electron chi connectivity index (χ1n) is 9.94. The van der Waals surface area contributed by atoms with Crippen LogP contribution >= 0.6 is 23.5 Å². The largest absolute Gasteiger partial charge is 0.378 e. The highest BCUT2D eigenvalue weighted by molar-refractivity contribution is 8.15. The Kier molecular flexibility index (Phi) is 6.16. The van der Waals surface area contributed by atoms with E-state index in [9.17, 15) is 0 Å². The lowest BCUT2D eigenvalue weighted by molar-refractivity contribution is 0.0693. The maximum atomic E-state index is 5.45. The van der Waals surface area contributed by atoms with E-state index in [1.54, 1.807) is 0 Å². The van der Waals surface area contributed by atoms with Crippen LogP contribution < -0.4 is 0 Å². The summed E-state index contributed by atoms with van der Waals surface area (Å²) in [4.78, 5) is 12.1. The number of aliphatic imine (C=N–C) groups is 1. The Labute approximate surface area is 165 Å². The van der Waals surface area contributed by atoms with Crippen molar-refractivity contribution in [2.75, 3.05) is 38.6 Å². The molecule has 2 aliphatic heterocycles. The van der Waals surface area contributed by atoms with Crippen LogP contribution in [0.4, 0.5) is 0 Å². The molecule has 0 bridgehead atoms. The Bertz CT molecular complexity index is 648. The normalized spacial score (nSPS) is 24.9. The summed E-state index contributed by atoms with van der Waals surface area (Å²) in [5.41, 5.74) is 2.56. The lowest BCUT2D eigenvalue weighted by atomic mass is 9.95. The number of rotatable bonds is 4. The highest BCUT2D eigenvalue weighted by atomic mass is 32.2. The van der Waals surface area contributed by atoms with Gasteiger partial charge in [0.15, 0.2) is 10.3 Å². The van der Waals surface area contributed by atoms with Crippen molar-refractivity contribution < 1.29 is 4.74 Å². The van der Waals surface area contributed by atoms with E-state index in [0.717, 1.165) is 38.6 Å². The molecule has 5 nitrogen and oxygen atoms in total. The predicted octanol–water partition coefficient (Wildman–Crippen LogP) is 3.90. The third kappa shape index (κ3) is 4.09. The Hall–Kier alpha value is -0.660. The van der Waals surface area contributed by atoms with Crippen LogP contribution in [0, 0.1) is 13.8 Å². The third-order valence-corrected chi connectivity index (χ3v) is 8.25. The van der Waals surface area contributed by atoms with Gasteiger partial charge in [0, 0.05) is 35.8 Å². The van der Waals surface area contributed by atoms with E-state index in [4.69, 9.17) is 14.7 Å². The number of hydrogen-bond donors (Lipinski definition) is 0. The molecule has 2 fully saturated rings. The Morgan fingerprint density at radius 2 is 1.92 bits per heavy atom. The summed E-state index contributed by atoms with van der Waals surface area (Å²) < 4.78 is 8.00. The van der Waals surface area contributed by atoms with E-state index in [-0.39, 0.29) is 0 Å². The molecule has 1 aliphatic carbocycles. The number of thioether (sulfide) groups is 2. The smallest absolute Gasteiger partial charge is 0.168 e. The molecule has 1 aromatic rings. The molecule has 7 heteroatoms. The van der Waals surface area contributed by atoms with Crippen molar-refractivity contribution in [2.45, 2.75) is 62.4 Å². The Morgan fingerprint density at radius 1 is 1.15 bits per heavy atom. The minimum atomic E-state index is 0.565. The molecule has 1 atom stereocenters. The number of aryl methyl sites for hydroxylation is 1. The van der Waals surface area contributed by atoms with Gasteiger partial charge in [-0.3, -0.25) is 4.99 Å². The maximum absolute atomic E-state index is 5.45. The third-order valence-electron chi connectivity index (χ3n) is 5.68. The van der Waals surface area contributed by atoms with E-state index in [1.165, 1.54) is 53.8 Å². The molecule has 1 saturated carbocycles. The Morgan fingerprint density at radius 3 is 2.69 bits per heavy atom. The van der Waals surface area contributed by atoms with Crippen molar-refractivity contribution in [1.82, 2.24) is 14.5 Å². The van der Waals surface area contributed by atoms with Gasteiger partial charge in [0.25, 0.3) is 0 Å². The summed E-state index contributed by atoms with van der Waals surface area (Å²) in [6.07, 6.45) is 6.74. The van der Waals surface area contributed by atoms with Gasteiger partial charge in [-0.15, -0.1) is 0 Å². The summed E-state index contributed by atoms with van der Waals surface area (Å²) in [5.74, 6) is 1.09. The first-order valence-corrected chi connectivity index (χ1v) is 11.8. The molecule has 4 rings (SSSR count). The quantitative estimate of drug-likeness (QED) is 0.725. The number of hydrogen-bond acceptors (Lipinski definition) is 6. The fourth-order valence-corrected chi connectivity index (χ4v) is 6.53. The topological polar surface area (TPSA) is 42.6 Å². The first-order chi connectivity index (χ1) is 12.7. The number of morpholine rings is 1. The van der Waals surface area contributed by atoms with Crippen LogP contribution in [0.15, 0.2) is 10.1 Å². The van der Waals surface area contributed by atoms with Crippen molar-refractivity contribution in [3.8, 4) is 0 Å². The van der Waals surface area contributed by atoms with Gasteiger partial charge in [-0.05, 0) is 26.7 Å². The van der Waals surface area contributed by atoms with Crippen LogP contribution in [0.5, 0.6) is 0 Å². The van der Waals surface area contributed by atoms with Crippen molar-refractivity contribution >= 4 is 28.7 Å². The predicted molar refractivity (Wildman–Crippen MR) is 111 cm³/mol. The van der Waals surface area contributed by atoms with E-state index < -0.39 is 0 Å². The number of imidazole rings is 1. The van der Waals surface area contributed by atoms with Crippen LogP contribution in [0.2, 0.25) is 0 Å². The van der Waals surface area contributed by atoms with E-state index >= 15 is 0 Å². The Balaban J connectivity index is 1.36. The fourth-order valence-electron chi connectivity index (χ4n) is 4.05. The second kappa shape index (κ2) is 8.57. The lowest BCUT2D eigenvalue weighted by Gasteiger charge is -2.28. The number of nitrogens with zero attached hydrogens (tertiary/aromatic N) is 4. The second-order valence-corrected chi connectivity index (χ2v) is 9.76. The first kappa shape index (κ1) is 18.7. The molecule has 26 heavy (non-hydrogen) atoms. The SMILES string of the molecule is Cc1nc(SCC2CN=C(N3CCOCC3)S2)n(C2CCCCC2)c1C. The van der Waals surface area contributed by atoms with Crippen molar-refractivity contribution in [3.05, 3.63) is 11.4 Å². The van der Waals surface area contributed by atoms with Gasteiger partial charge < -0.3 is 14.2 Å². The molecule has 1 saturated heterocycles. The molecule has 0 spiro atoms. The number of amidine groups is 1. The van der Waals surface area contributed by atoms with Gasteiger partial charge in [-0.1, -0.05) is 42.8 Å². The van der Waals surface area contributed by atoms with Crippen molar-refractivity contribution in [2.24, 2.45) is 4.99 Å². The second-order valence-electron chi connectivity index (χ2n) is 7.50. The summed E-state index contributed by atoms with van der Waals surface area (Å²) in [5, 5.41) is 3.02. The maximum Gasteiger partial charge on any atom is 0.168 e. The van der Waals surface area contributed by atoms with Crippen LogP contribution in [-0.2, 0) is 4.74 Å². The summed E-state index contributed by atoms with van der Waals surface area (Å²) in [7, 11) is 0. The van der Waals surface area contributed by atoms with E-state index in [0.29, 0.717) is 11.3 Å². The van der Waals surface area contributed by atoms with Crippen LogP contribution in [0.1, 0.15) is 49.5 Å². The molecule has 3 heterocycles. The number of aromatic nitrogens is 2. The number of ether oxygens (including phenoxy) is 1. The average Bonchev–Trinajstić information content (AvgIpc) is 3.26. The molecule has 1 unspecified atom stereocenters. The minimum absolute atomic E-state index is 0.565.